The SMILES string of the molecule is CCCCc1ccc(C)cc1Nc1ccccn1. The molecule has 0 aliphatic rings. The van der Waals surface area contributed by atoms with Crippen LogP contribution in [0.3, 0.4) is 0 Å². The molecule has 2 aromatic rings. The second kappa shape index (κ2) is 6.20. The molecular weight excluding hydrogens is 220 g/mol. The minimum atomic E-state index is 0.904. The van der Waals surface area contributed by atoms with Crippen LogP contribution in [-0.4, -0.2) is 4.98 Å². The molecule has 94 valence electrons. The third-order valence-corrected chi connectivity index (χ3v) is 2.99. The van der Waals surface area contributed by atoms with Crippen LogP contribution in [0.5, 0.6) is 0 Å². The molecule has 0 aliphatic heterocycles. The highest BCUT2D eigenvalue weighted by atomic mass is 15.0. The van der Waals surface area contributed by atoms with Crippen LogP contribution in [0.2, 0.25) is 0 Å². The van der Waals surface area contributed by atoms with Gasteiger partial charge >= 0.3 is 0 Å². The molecule has 1 N–H and O–H groups in total. The number of nitrogens with zero attached hydrogens (tertiary/aromatic N) is 1. The number of rotatable bonds is 5. The zero-order valence-electron chi connectivity index (χ0n) is 11.1. The highest BCUT2D eigenvalue weighted by Gasteiger charge is 2.03. The number of aryl methyl sites for hydroxylation is 2. The summed E-state index contributed by atoms with van der Waals surface area (Å²) < 4.78 is 0. The van der Waals surface area contributed by atoms with Gasteiger partial charge in [-0.3, -0.25) is 0 Å². The van der Waals surface area contributed by atoms with Gasteiger partial charge in [0.05, 0.1) is 0 Å². The second-order valence-electron chi connectivity index (χ2n) is 4.60. The average Bonchev–Trinajstić information content (AvgIpc) is 2.39. The number of hydrogen-bond donors (Lipinski definition) is 1. The maximum absolute atomic E-state index is 4.31. The number of anilines is 2. The van der Waals surface area contributed by atoms with Gasteiger partial charge in [0, 0.05) is 11.9 Å². The molecule has 1 heterocycles. The molecule has 0 radical (unpaired) electrons. The molecule has 18 heavy (non-hydrogen) atoms. The summed E-state index contributed by atoms with van der Waals surface area (Å²) in [4.78, 5) is 4.31. The Morgan fingerprint density at radius 1 is 1.17 bits per heavy atom. The minimum absolute atomic E-state index is 0.904. The van der Waals surface area contributed by atoms with Crippen molar-refractivity contribution in [2.24, 2.45) is 0 Å². The van der Waals surface area contributed by atoms with Gasteiger partial charge in [-0.2, -0.15) is 0 Å². The maximum Gasteiger partial charge on any atom is 0.130 e. The predicted molar refractivity (Wildman–Crippen MR) is 77.3 cm³/mol. The van der Waals surface area contributed by atoms with E-state index in [2.05, 4.69) is 42.3 Å². The quantitative estimate of drug-likeness (QED) is 0.833. The number of hydrogen-bond acceptors (Lipinski definition) is 2. The van der Waals surface area contributed by atoms with Gasteiger partial charge in [0.15, 0.2) is 0 Å². The number of aromatic nitrogens is 1. The Morgan fingerprint density at radius 3 is 2.78 bits per heavy atom. The van der Waals surface area contributed by atoms with Crippen molar-refractivity contribution >= 4 is 11.5 Å². The maximum atomic E-state index is 4.31. The first-order chi connectivity index (χ1) is 8.79. The van der Waals surface area contributed by atoms with E-state index in [1.807, 2.05) is 24.4 Å². The van der Waals surface area contributed by atoms with Gasteiger partial charge in [0.1, 0.15) is 5.82 Å². The second-order valence-corrected chi connectivity index (χ2v) is 4.60. The monoisotopic (exact) mass is 240 g/mol. The molecular formula is C16H20N2. The van der Waals surface area contributed by atoms with E-state index in [1.54, 1.807) is 0 Å². The van der Waals surface area contributed by atoms with Gasteiger partial charge in [0.25, 0.3) is 0 Å². The van der Waals surface area contributed by atoms with E-state index in [0.717, 1.165) is 12.2 Å². The topological polar surface area (TPSA) is 24.9 Å². The van der Waals surface area contributed by atoms with Crippen molar-refractivity contribution < 1.29 is 0 Å². The lowest BCUT2D eigenvalue weighted by Crippen LogP contribution is -1.98. The third-order valence-electron chi connectivity index (χ3n) is 2.99. The van der Waals surface area contributed by atoms with E-state index in [4.69, 9.17) is 0 Å². The number of pyridine rings is 1. The lowest BCUT2D eigenvalue weighted by Gasteiger charge is -2.12. The lowest BCUT2D eigenvalue weighted by atomic mass is 10.0. The highest BCUT2D eigenvalue weighted by molar-refractivity contribution is 5.61. The summed E-state index contributed by atoms with van der Waals surface area (Å²) in [6, 6.07) is 12.5. The van der Waals surface area contributed by atoms with Crippen LogP contribution >= 0.6 is 0 Å². The van der Waals surface area contributed by atoms with Crippen LogP contribution in [0.4, 0.5) is 11.5 Å². The van der Waals surface area contributed by atoms with Crippen molar-refractivity contribution in [1.82, 2.24) is 4.98 Å². The van der Waals surface area contributed by atoms with Crippen molar-refractivity contribution in [3.8, 4) is 0 Å². The summed E-state index contributed by atoms with van der Waals surface area (Å²) >= 11 is 0. The number of nitrogens with one attached hydrogen (secondary N) is 1. The molecule has 0 saturated heterocycles. The Hall–Kier alpha value is -1.83. The number of unbranched alkanes of at least 4 members (excludes halogenated alkanes) is 1. The van der Waals surface area contributed by atoms with E-state index >= 15 is 0 Å². The first-order valence-electron chi connectivity index (χ1n) is 6.57. The van der Waals surface area contributed by atoms with Crippen LogP contribution < -0.4 is 5.32 Å². The Balaban J connectivity index is 2.22. The summed E-state index contributed by atoms with van der Waals surface area (Å²) in [5.74, 6) is 0.904. The van der Waals surface area contributed by atoms with E-state index in [9.17, 15) is 0 Å². The molecule has 2 rings (SSSR count). The van der Waals surface area contributed by atoms with Crippen molar-refractivity contribution in [3.05, 3.63) is 53.7 Å². The average molecular weight is 240 g/mol. The Labute approximate surface area is 109 Å². The largest absolute Gasteiger partial charge is 0.340 e. The normalized spacial score (nSPS) is 10.3. The molecule has 1 aromatic heterocycles. The van der Waals surface area contributed by atoms with E-state index in [1.165, 1.54) is 29.7 Å². The van der Waals surface area contributed by atoms with Crippen LogP contribution in [0, 0.1) is 6.92 Å². The van der Waals surface area contributed by atoms with Gasteiger partial charge in [-0.05, 0) is 49.1 Å². The highest BCUT2D eigenvalue weighted by Crippen LogP contribution is 2.22. The first kappa shape index (κ1) is 12.6. The van der Waals surface area contributed by atoms with Crippen molar-refractivity contribution in [3.63, 3.8) is 0 Å². The van der Waals surface area contributed by atoms with Gasteiger partial charge < -0.3 is 5.32 Å². The molecule has 0 bridgehead atoms. The molecule has 0 fully saturated rings. The number of benzene rings is 1. The molecule has 0 unspecified atom stereocenters. The molecule has 1 aromatic carbocycles. The van der Waals surface area contributed by atoms with Gasteiger partial charge in [-0.15, -0.1) is 0 Å². The van der Waals surface area contributed by atoms with Crippen molar-refractivity contribution in [2.75, 3.05) is 5.32 Å². The standard InChI is InChI=1S/C16H20N2/c1-3-4-7-14-10-9-13(2)12-15(14)18-16-8-5-6-11-17-16/h5-6,8-12H,3-4,7H2,1-2H3,(H,17,18). The Kier molecular flexibility index (Phi) is 4.35. The minimum Gasteiger partial charge on any atom is -0.340 e. The fourth-order valence-corrected chi connectivity index (χ4v) is 1.97. The fourth-order valence-electron chi connectivity index (χ4n) is 1.97. The van der Waals surface area contributed by atoms with Crippen LogP contribution in [0.15, 0.2) is 42.6 Å². The van der Waals surface area contributed by atoms with Crippen LogP contribution in [0.1, 0.15) is 30.9 Å². The lowest BCUT2D eigenvalue weighted by molar-refractivity contribution is 0.796. The summed E-state index contributed by atoms with van der Waals surface area (Å²) in [5.41, 5.74) is 3.82. The van der Waals surface area contributed by atoms with Gasteiger partial charge in [0.2, 0.25) is 0 Å². The molecule has 0 atom stereocenters. The van der Waals surface area contributed by atoms with Gasteiger partial charge in [-0.1, -0.05) is 31.5 Å². The Bertz CT molecular complexity index is 492. The Morgan fingerprint density at radius 2 is 2.06 bits per heavy atom. The van der Waals surface area contributed by atoms with Crippen molar-refractivity contribution in [2.45, 2.75) is 33.1 Å². The van der Waals surface area contributed by atoms with Crippen molar-refractivity contribution in [1.29, 1.82) is 0 Å². The predicted octanol–water partition coefficient (Wildman–Crippen LogP) is 4.48. The van der Waals surface area contributed by atoms with E-state index in [0.29, 0.717) is 0 Å². The summed E-state index contributed by atoms with van der Waals surface area (Å²) in [6.45, 7) is 4.34. The summed E-state index contributed by atoms with van der Waals surface area (Å²) in [7, 11) is 0. The van der Waals surface area contributed by atoms with Crippen LogP contribution in [0.25, 0.3) is 0 Å². The molecule has 0 aliphatic carbocycles. The summed E-state index contributed by atoms with van der Waals surface area (Å²) in [6.07, 6.45) is 5.37. The molecule has 0 saturated carbocycles. The van der Waals surface area contributed by atoms with E-state index < -0.39 is 0 Å². The van der Waals surface area contributed by atoms with Crippen LogP contribution in [-0.2, 0) is 6.42 Å². The third kappa shape index (κ3) is 3.33. The van der Waals surface area contributed by atoms with E-state index in [-0.39, 0.29) is 0 Å². The molecule has 0 amide bonds. The summed E-state index contributed by atoms with van der Waals surface area (Å²) in [5, 5.41) is 3.41. The van der Waals surface area contributed by atoms with Gasteiger partial charge in [-0.25, -0.2) is 4.98 Å². The molecule has 0 spiro atoms. The molecule has 2 nitrogen and oxygen atoms in total. The molecule has 2 heteroatoms. The zero-order valence-corrected chi connectivity index (χ0v) is 11.1. The zero-order chi connectivity index (χ0) is 12.8. The smallest absolute Gasteiger partial charge is 0.130 e. The fraction of sp³-hybridized carbons (Fsp3) is 0.312. The first-order valence-corrected chi connectivity index (χ1v) is 6.57.